The van der Waals surface area contributed by atoms with Crippen molar-refractivity contribution in [3.05, 3.63) is 11.6 Å². The minimum absolute atomic E-state index is 0.0638. The molecule has 33 unspecified atom stereocenters. The van der Waals surface area contributed by atoms with E-state index >= 15 is 4.79 Å². The van der Waals surface area contributed by atoms with Crippen LogP contribution >= 0.6 is 0 Å². The van der Waals surface area contributed by atoms with E-state index in [9.17, 15) is 81.7 Å². The monoisotopic (exact) mass is 1240 g/mol. The molecule has 0 spiro atoms. The molecule has 27 nitrogen and oxygen atoms in total. The highest BCUT2D eigenvalue weighted by Crippen LogP contribution is 2.76. The molecule has 27 heteroatoms. The lowest BCUT2D eigenvalue weighted by molar-refractivity contribution is -0.377. The predicted molar refractivity (Wildman–Crippen MR) is 289 cm³/mol. The molecule has 0 radical (unpaired) electrons. The zero-order valence-electron chi connectivity index (χ0n) is 50.0. The number of aliphatic hydroxyl groups is 16. The van der Waals surface area contributed by atoms with Crippen molar-refractivity contribution in [1.82, 2.24) is 0 Å². The Labute approximate surface area is 499 Å². The summed E-state index contributed by atoms with van der Waals surface area (Å²) in [4.78, 5) is 15.2. The minimum atomic E-state index is -1.98. The number of hydrogen-bond donors (Lipinski definition) is 16. The summed E-state index contributed by atoms with van der Waals surface area (Å²) >= 11 is 0. The number of aliphatic hydroxyl groups excluding tert-OH is 16. The maximum atomic E-state index is 15.2. The number of allylic oxidation sites excluding steroid dienone is 2. The van der Waals surface area contributed by atoms with Gasteiger partial charge in [-0.1, -0.05) is 53.2 Å². The fraction of sp³-hybridized carbons (Fsp3) is 0.949. The SMILES string of the molecule is CC1OC(OC2C(CO)OC(OC3C(CO)OC(OC(=O)C45CCC(C)(C)CC4C4=CCC6C7(C)CCC(OC8OCC(OC9OC(CO)C(O)C(O)C9O)C(O)C8O)C(C)(CO)C7CCC6(C)C4(C)CC5)C(O)C3O)C(O)C2O)C(O)C(O)C1O. The van der Waals surface area contributed by atoms with Crippen molar-refractivity contribution in [2.75, 3.05) is 33.0 Å². The van der Waals surface area contributed by atoms with Crippen LogP contribution in [0.15, 0.2) is 11.6 Å². The zero-order valence-corrected chi connectivity index (χ0v) is 50.0. The molecule has 5 aliphatic heterocycles. The van der Waals surface area contributed by atoms with E-state index in [2.05, 4.69) is 40.7 Å². The second kappa shape index (κ2) is 24.9. The average molecular weight is 1240 g/mol. The van der Waals surface area contributed by atoms with E-state index < -0.39 is 196 Å². The maximum absolute atomic E-state index is 15.2. The fourth-order valence-electron chi connectivity index (χ4n) is 17.7. The van der Waals surface area contributed by atoms with Crippen LogP contribution in [-0.2, 0) is 52.2 Å². The standard InChI is InChI=1S/C59H96O27/c1-24-34(64)37(67)42(72)49(78-24)84-46-28(20-61)80-51(44(74)39(46)69)85-47-29(21-62)81-52(45(75)40(47)70)86-53(76)59-16-14-54(2,3)18-26(59)25-8-9-32-55(4)12-11-33(56(5,23-63)31(55)10-13-58(32,7)57(25,6)15-17-59)83-48-41(71)36(66)30(22-77-48)82-50-43(73)38(68)35(65)27(19-60)79-50/h8,24,26-52,60-75H,9-23H2,1-7H3. The number of carbonyl (C=O) groups is 1. The summed E-state index contributed by atoms with van der Waals surface area (Å²) in [6.45, 7) is 11.8. The van der Waals surface area contributed by atoms with Gasteiger partial charge < -0.3 is 129 Å². The smallest absolute Gasteiger partial charge is 0.315 e. The Morgan fingerprint density at radius 2 is 1.07 bits per heavy atom. The van der Waals surface area contributed by atoms with Crippen molar-refractivity contribution in [3.63, 3.8) is 0 Å². The molecule has 5 saturated heterocycles. The molecule has 0 aromatic carbocycles. The van der Waals surface area contributed by atoms with Crippen molar-refractivity contribution in [2.24, 2.45) is 50.2 Å². The molecule has 0 aromatic heterocycles. The number of rotatable bonds is 14. The topological polar surface area (TPSA) is 433 Å². The molecule has 86 heavy (non-hydrogen) atoms. The second-order valence-electron chi connectivity index (χ2n) is 28.5. The number of esters is 1. The highest BCUT2D eigenvalue weighted by molar-refractivity contribution is 5.79. The van der Waals surface area contributed by atoms with Gasteiger partial charge in [0.1, 0.15) is 110 Å². The highest BCUT2D eigenvalue weighted by atomic mass is 16.8. The van der Waals surface area contributed by atoms with Crippen LogP contribution in [0.5, 0.6) is 0 Å². The Morgan fingerprint density at radius 1 is 0.535 bits per heavy atom. The van der Waals surface area contributed by atoms with Gasteiger partial charge in [-0.05, 0) is 111 Å². The normalized spacial score (nSPS) is 54.8. The summed E-state index contributed by atoms with van der Waals surface area (Å²) in [6, 6.07) is 0. The van der Waals surface area contributed by atoms with Crippen LogP contribution in [0.1, 0.15) is 113 Å². The van der Waals surface area contributed by atoms with Crippen LogP contribution < -0.4 is 0 Å². The molecule has 494 valence electrons. The third-order valence-corrected chi connectivity index (χ3v) is 23.3. The summed E-state index contributed by atoms with van der Waals surface area (Å²) in [5, 5.41) is 173. The molecule has 0 bridgehead atoms. The van der Waals surface area contributed by atoms with E-state index in [1.54, 1.807) is 0 Å². The molecular weight excluding hydrogens is 1140 g/mol. The first-order valence-corrected chi connectivity index (χ1v) is 30.8. The van der Waals surface area contributed by atoms with Gasteiger partial charge in [0.2, 0.25) is 6.29 Å². The van der Waals surface area contributed by atoms with Crippen LogP contribution in [0, 0.1) is 50.2 Å². The molecule has 10 rings (SSSR count). The lowest BCUT2D eigenvalue weighted by Crippen LogP contribution is -2.67. The van der Waals surface area contributed by atoms with E-state index in [0.29, 0.717) is 51.4 Å². The molecule has 0 aromatic rings. The van der Waals surface area contributed by atoms with Gasteiger partial charge in [-0.2, -0.15) is 0 Å². The first kappa shape index (κ1) is 67.1. The van der Waals surface area contributed by atoms with Crippen molar-refractivity contribution < 1.29 is 134 Å². The van der Waals surface area contributed by atoms with E-state index in [4.69, 9.17) is 47.4 Å². The second-order valence-corrected chi connectivity index (χ2v) is 28.5. The van der Waals surface area contributed by atoms with Crippen LogP contribution in [0.4, 0.5) is 0 Å². The van der Waals surface area contributed by atoms with Gasteiger partial charge in [0.05, 0.1) is 50.7 Å². The number of ether oxygens (including phenoxy) is 10. The quantitative estimate of drug-likeness (QED) is 0.0454. The number of carbonyl (C=O) groups excluding carboxylic acids is 1. The van der Waals surface area contributed by atoms with Crippen LogP contribution in [0.3, 0.4) is 0 Å². The number of hydrogen-bond acceptors (Lipinski definition) is 27. The van der Waals surface area contributed by atoms with E-state index in [1.165, 1.54) is 12.5 Å². The van der Waals surface area contributed by atoms with Crippen LogP contribution in [-0.4, -0.2) is 274 Å². The Morgan fingerprint density at radius 3 is 1.69 bits per heavy atom. The average Bonchev–Trinajstić information content (AvgIpc) is 0.687. The van der Waals surface area contributed by atoms with Crippen LogP contribution in [0.2, 0.25) is 0 Å². The van der Waals surface area contributed by atoms with Gasteiger partial charge >= 0.3 is 5.97 Å². The summed E-state index contributed by atoms with van der Waals surface area (Å²) in [6.07, 6.45) is -31.1. The Hall–Kier alpha value is -1.79. The summed E-state index contributed by atoms with van der Waals surface area (Å²) < 4.78 is 58.8. The van der Waals surface area contributed by atoms with E-state index in [0.717, 1.165) is 12.8 Å². The zero-order chi connectivity index (χ0) is 62.7. The predicted octanol–water partition coefficient (Wildman–Crippen LogP) is -3.57. The van der Waals surface area contributed by atoms with Gasteiger partial charge in [-0.25, -0.2) is 0 Å². The Bertz CT molecular complexity index is 2380. The van der Waals surface area contributed by atoms with Gasteiger partial charge in [-0.15, -0.1) is 0 Å². The van der Waals surface area contributed by atoms with Gasteiger partial charge in [-0.3, -0.25) is 4.79 Å². The van der Waals surface area contributed by atoms with Crippen molar-refractivity contribution >= 4 is 5.97 Å². The lowest BCUT2D eigenvalue weighted by Gasteiger charge is -2.71. The molecular formula is C59H96O27. The molecule has 16 N–H and O–H groups in total. The largest absolute Gasteiger partial charge is 0.432 e. The minimum Gasteiger partial charge on any atom is -0.432 e. The summed E-state index contributed by atoms with van der Waals surface area (Å²) in [5.41, 5.74) is -1.93. The van der Waals surface area contributed by atoms with Crippen molar-refractivity contribution in [1.29, 1.82) is 0 Å². The Kier molecular flexibility index (Phi) is 19.4. The third kappa shape index (κ3) is 11.1. The van der Waals surface area contributed by atoms with Gasteiger partial charge in [0.25, 0.3) is 0 Å². The summed E-state index contributed by atoms with van der Waals surface area (Å²) in [5.74, 6) is -0.862. The van der Waals surface area contributed by atoms with Crippen molar-refractivity contribution in [2.45, 2.75) is 266 Å². The molecule has 33 atom stereocenters. The first-order chi connectivity index (χ1) is 40.4. The van der Waals surface area contributed by atoms with Crippen molar-refractivity contribution in [3.8, 4) is 0 Å². The van der Waals surface area contributed by atoms with E-state index in [1.807, 2.05) is 6.92 Å². The van der Waals surface area contributed by atoms with Crippen LogP contribution in [0.25, 0.3) is 0 Å². The fourth-order valence-corrected chi connectivity index (χ4v) is 17.7. The molecule has 5 heterocycles. The molecule has 4 saturated carbocycles. The molecule has 5 aliphatic carbocycles. The number of fused-ring (bicyclic) bond motifs is 7. The molecule has 10 aliphatic rings. The van der Waals surface area contributed by atoms with E-state index in [-0.39, 0.29) is 47.2 Å². The first-order valence-electron chi connectivity index (χ1n) is 30.8. The lowest BCUT2D eigenvalue weighted by atomic mass is 9.33. The maximum Gasteiger partial charge on any atom is 0.315 e. The molecule has 9 fully saturated rings. The Balaban J connectivity index is 0.812. The van der Waals surface area contributed by atoms with Gasteiger partial charge in [0.15, 0.2) is 25.2 Å². The highest BCUT2D eigenvalue weighted by Gasteiger charge is 2.71. The third-order valence-electron chi connectivity index (χ3n) is 23.3. The van der Waals surface area contributed by atoms with Gasteiger partial charge in [0, 0.05) is 5.41 Å². The molecule has 0 amide bonds. The summed E-state index contributed by atoms with van der Waals surface area (Å²) in [7, 11) is 0.